The Balaban J connectivity index is 2.63. The van der Waals surface area contributed by atoms with Crippen LogP contribution in [0.3, 0.4) is 0 Å². The van der Waals surface area contributed by atoms with E-state index in [1.807, 2.05) is 13.8 Å². The van der Waals surface area contributed by atoms with Crippen LogP contribution < -0.4 is 10.6 Å². The van der Waals surface area contributed by atoms with Crippen LogP contribution in [0.15, 0.2) is 0 Å². The van der Waals surface area contributed by atoms with E-state index >= 15 is 0 Å². The number of carboxylic acids is 1. The number of aliphatic hydroxyl groups excluding tert-OH is 1. The molecule has 1 unspecified atom stereocenters. The highest BCUT2D eigenvalue weighted by Gasteiger charge is 2.43. The second-order valence-corrected chi connectivity index (χ2v) is 4.97. The molecule has 0 radical (unpaired) electrons. The minimum Gasteiger partial charge on any atom is -0.481 e. The molecule has 0 aromatic carbocycles. The molecule has 4 N–H and O–H groups in total. The maximum atomic E-state index is 10.8. The Morgan fingerprint density at radius 2 is 2.19 bits per heavy atom. The van der Waals surface area contributed by atoms with Gasteiger partial charge in [-0.15, -0.1) is 0 Å². The molecule has 5 heteroatoms. The number of aliphatic carboxylic acids is 1. The molecule has 0 spiro atoms. The molecule has 1 aliphatic rings. The molecule has 0 amide bonds. The van der Waals surface area contributed by atoms with E-state index in [0.29, 0.717) is 19.5 Å². The largest absolute Gasteiger partial charge is 0.481 e. The van der Waals surface area contributed by atoms with E-state index in [2.05, 4.69) is 10.6 Å². The van der Waals surface area contributed by atoms with Crippen molar-refractivity contribution in [2.45, 2.75) is 44.2 Å². The highest BCUT2D eigenvalue weighted by Crippen LogP contribution is 2.24. The zero-order chi connectivity index (χ0) is 12.2. The Bertz CT molecular complexity index is 254. The molecule has 0 saturated carbocycles. The van der Waals surface area contributed by atoms with Crippen molar-refractivity contribution in [2.75, 3.05) is 19.7 Å². The lowest BCUT2D eigenvalue weighted by molar-refractivity contribution is -0.139. The first kappa shape index (κ1) is 13.4. The van der Waals surface area contributed by atoms with Gasteiger partial charge in [0.25, 0.3) is 0 Å². The van der Waals surface area contributed by atoms with Gasteiger partial charge in [-0.3, -0.25) is 4.79 Å². The molecule has 16 heavy (non-hydrogen) atoms. The summed E-state index contributed by atoms with van der Waals surface area (Å²) in [5, 5.41) is 24.5. The third-order valence-corrected chi connectivity index (χ3v) is 3.43. The molecular formula is C11H22N2O3. The van der Waals surface area contributed by atoms with Gasteiger partial charge >= 0.3 is 5.97 Å². The summed E-state index contributed by atoms with van der Waals surface area (Å²) in [4.78, 5) is 10.8. The van der Waals surface area contributed by atoms with Crippen LogP contribution in [-0.4, -0.2) is 47.0 Å². The van der Waals surface area contributed by atoms with Crippen LogP contribution in [0.25, 0.3) is 0 Å². The summed E-state index contributed by atoms with van der Waals surface area (Å²) in [6.07, 6.45) is 1.64. The van der Waals surface area contributed by atoms with Crippen LogP contribution in [-0.2, 0) is 4.79 Å². The van der Waals surface area contributed by atoms with Crippen LogP contribution in [0.2, 0.25) is 0 Å². The molecule has 1 rings (SSSR count). The SMILES string of the molecule is CCC(C)(CCO)NC1(CC(=O)O)CNC1. The summed E-state index contributed by atoms with van der Waals surface area (Å²) >= 11 is 0. The molecule has 1 atom stereocenters. The van der Waals surface area contributed by atoms with Crippen LogP contribution >= 0.6 is 0 Å². The van der Waals surface area contributed by atoms with E-state index in [9.17, 15) is 4.79 Å². The molecule has 0 aromatic heterocycles. The van der Waals surface area contributed by atoms with Gasteiger partial charge in [0.15, 0.2) is 0 Å². The predicted octanol–water partition coefficient (Wildman–Crippen LogP) is -0.0562. The van der Waals surface area contributed by atoms with Crippen molar-refractivity contribution < 1.29 is 15.0 Å². The third kappa shape index (κ3) is 3.17. The van der Waals surface area contributed by atoms with Crippen LogP contribution in [0.5, 0.6) is 0 Å². The molecule has 0 aromatic rings. The summed E-state index contributed by atoms with van der Waals surface area (Å²) in [6.45, 7) is 5.56. The van der Waals surface area contributed by atoms with Gasteiger partial charge in [0.05, 0.1) is 12.0 Å². The summed E-state index contributed by atoms with van der Waals surface area (Å²) in [6, 6.07) is 0. The molecule has 5 nitrogen and oxygen atoms in total. The van der Waals surface area contributed by atoms with Gasteiger partial charge in [-0.1, -0.05) is 6.92 Å². The predicted molar refractivity (Wildman–Crippen MR) is 61.4 cm³/mol. The Labute approximate surface area is 96.2 Å². The maximum Gasteiger partial charge on any atom is 0.305 e. The second kappa shape index (κ2) is 5.12. The minimum absolute atomic E-state index is 0.119. The fourth-order valence-electron chi connectivity index (χ4n) is 2.19. The lowest BCUT2D eigenvalue weighted by Crippen LogP contribution is -2.72. The Morgan fingerprint density at radius 1 is 1.56 bits per heavy atom. The fraction of sp³-hybridized carbons (Fsp3) is 0.909. The van der Waals surface area contributed by atoms with Crippen molar-refractivity contribution >= 4 is 5.97 Å². The molecular weight excluding hydrogens is 208 g/mol. The van der Waals surface area contributed by atoms with E-state index in [-0.39, 0.29) is 24.1 Å². The monoisotopic (exact) mass is 230 g/mol. The van der Waals surface area contributed by atoms with E-state index in [1.54, 1.807) is 0 Å². The zero-order valence-corrected chi connectivity index (χ0v) is 10.0. The van der Waals surface area contributed by atoms with Crippen molar-refractivity contribution in [2.24, 2.45) is 0 Å². The maximum absolute atomic E-state index is 10.8. The Morgan fingerprint density at radius 3 is 2.50 bits per heavy atom. The van der Waals surface area contributed by atoms with Crippen LogP contribution in [0, 0.1) is 0 Å². The summed E-state index contributed by atoms with van der Waals surface area (Å²) in [5.74, 6) is -0.781. The quantitative estimate of drug-likeness (QED) is 0.493. The van der Waals surface area contributed by atoms with E-state index in [4.69, 9.17) is 10.2 Å². The lowest BCUT2D eigenvalue weighted by Gasteiger charge is -2.48. The van der Waals surface area contributed by atoms with Crippen molar-refractivity contribution in [1.29, 1.82) is 0 Å². The number of carboxylic acid groups (broad SMARTS) is 1. The van der Waals surface area contributed by atoms with Gasteiger partial charge in [-0.05, 0) is 19.8 Å². The van der Waals surface area contributed by atoms with Gasteiger partial charge in [-0.2, -0.15) is 0 Å². The summed E-state index contributed by atoms with van der Waals surface area (Å²) in [5.41, 5.74) is -0.530. The molecule has 1 heterocycles. The average molecular weight is 230 g/mol. The van der Waals surface area contributed by atoms with Gasteiger partial charge in [0.1, 0.15) is 0 Å². The fourth-order valence-corrected chi connectivity index (χ4v) is 2.19. The first-order chi connectivity index (χ1) is 7.45. The van der Waals surface area contributed by atoms with Gasteiger partial charge in [0, 0.05) is 25.2 Å². The third-order valence-electron chi connectivity index (χ3n) is 3.43. The minimum atomic E-state index is -0.781. The molecule has 1 fully saturated rings. The van der Waals surface area contributed by atoms with Gasteiger partial charge < -0.3 is 20.8 Å². The van der Waals surface area contributed by atoms with Gasteiger partial charge in [0.2, 0.25) is 0 Å². The number of nitrogens with one attached hydrogen (secondary N) is 2. The first-order valence-electron chi connectivity index (χ1n) is 5.78. The van der Waals surface area contributed by atoms with E-state index in [1.165, 1.54) is 0 Å². The molecule has 1 saturated heterocycles. The number of carbonyl (C=O) groups is 1. The van der Waals surface area contributed by atoms with Crippen LogP contribution in [0.4, 0.5) is 0 Å². The number of rotatable bonds is 7. The summed E-state index contributed by atoms with van der Waals surface area (Å²) in [7, 11) is 0. The zero-order valence-electron chi connectivity index (χ0n) is 10.0. The standard InChI is InChI=1S/C11H22N2O3/c1-3-10(2,4-5-14)13-11(6-9(15)16)7-12-8-11/h12-14H,3-8H2,1-2H3,(H,15,16). The topological polar surface area (TPSA) is 81.6 Å². The van der Waals surface area contributed by atoms with E-state index < -0.39 is 5.97 Å². The number of hydrogen-bond acceptors (Lipinski definition) is 4. The Kier molecular flexibility index (Phi) is 4.29. The summed E-state index contributed by atoms with van der Waals surface area (Å²) < 4.78 is 0. The van der Waals surface area contributed by atoms with Crippen molar-refractivity contribution in [1.82, 2.24) is 10.6 Å². The highest BCUT2D eigenvalue weighted by molar-refractivity contribution is 5.69. The number of aliphatic hydroxyl groups is 1. The normalized spacial score (nSPS) is 22.2. The van der Waals surface area contributed by atoms with Gasteiger partial charge in [-0.25, -0.2) is 0 Å². The van der Waals surface area contributed by atoms with Crippen molar-refractivity contribution in [3.05, 3.63) is 0 Å². The molecule has 0 bridgehead atoms. The van der Waals surface area contributed by atoms with Crippen molar-refractivity contribution in [3.8, 4) is 0 Å². The molecule has 1 aliphatic heterocycles. The number of hydrogen-bond donors (Lipinski definition) is 4. The highest BCUT2D eigenvalue weighted by atomic mass is 16.4. The molecule has 0 aliphatic carbocycles. The lowest BCUT2D eigenvalue weighted by atomic mass is 9.83. The van der Waals surface area contributed by atoms with Crippen molar-refractivity contribution in [3.63, 3.8) is 0 Å². The Hall–Kier alpha value is -0.650. The first-order valence-corrected chi connectivity index (χ1v) is 5.78. The van der Waals surface area contributed by atoms with Crippen LogP contribution in [0.1, 0.15) is 33.1 Å². The average Bonchev–Trinajstić information content (AvgIpc) is 2.14. The van der Waals surface area contributed by atoms with E-state index in [0.717, 1.165) is 6.42 Å². The smallest absolute Gasteiger partial charge is 0.305 e. The second-order valence-electron chi connectivity index (χ2n) is 4.97. The molecule has 94 valence electrons.